The third kappa shape index (κ3) is 4.26. The van der Waals surface area contributed by atoms with Crippen LogP contribution < -0.4 is 20.1 Å². The number of aliphatic hydroxyl groups is 1. The van der Waals surface area contributed by atoms with E-state index < -0.39 is 5.60 Å². The highest BCUT2D eigenvalue weighted by Gasteiger charge is 2.25. The van der Waals surface area contributed by atoms with Crippen molar-refractivity contribution in [2.24, 2.45) is 12.0 Å². The number of fused-ring (bicyclic) bond motifs is 1. The van der Waals surface area contributed by atoms with Crippen molar-refractivity contribution in [3.05, 3.63) is 41.7 Å². The van der Waals surface area contributed by atoms with Crippen LogP contribution in [0.5, 0.6) is 11.5 Å². The van der Waals surface area contributed by atoms with E-state index in [1.54, 1.807) is 24.0 Å². The van der Waals surface area contributed by atoms with Crippen LogP contribution in [0.2, 0.25) is 0 Å². The molecule has 0 saturated carbocycles. The van der Waals surface area contributed by atoms with Gasteiger partial charge in [-0.05, 0) is 31.5 Å². The summed E-state index contributed by atoms with van der Waals surface area (Å²) in [7, 11) is 1.82. The average Bonchev–Trinajstić information content (AvgIpc) is 3.26. The van der Waals surface area contributed by atoms with E-state index in [1.165, 1.54) is 0 Å². The first-order valence-corrected chi connectivity index (χ1v) is 8.60. The molecule has 8 heteroatoms. The lowest BCUT2D eigenvalue weighted by molar-refractivity contribution is 0.0616. The molecule has 8 nitrogen and oxygen atoms in total. The number of nitrogens with one attached hydrogen (secondary N) is 2. The summed E-state index contributed by atoms with van der Waals surface area (Å²) in [6, 6.07) is 5.79. The van der Waals surface area contributed by atoms with Crippen LogP contribution in [0.15, 0.2) is 35.6 Å². The number of aliphatic imine (C=N–C) groups is 1. The Balaban J connectivity index is 1.63. The SMILES string of the molecule is CCNC(=NCc1ccc2c(c1)OCO2)NCC(C)(O)c1cnn(C)c1. The Kier molecular flexibility index (Phi) is 5.32. The summed E-state index contributed by atoms with van der Waals surface area (Å²) in [5, 5.41) is 21.2. The molecule has 1 aromatic carbocycles. The molecule has 0 aliphatic carbocycles. The van der Waals surface area contributed by atoms with Crippen molar-refractivity contribution < 1.29 is 14.6 Å². The average molecular weight is 359 g/mol. The molecule has 1 aromatic heterocycles. The van der Waals surface area contributed by atoms with Crippen molar-refractivity contribution in [3.63, 3.8) is 0 Å². The largest absolute Gasteiger partial charge is 0.454 e. The van der Waals surface area contributed by atoms with Gasteiger partial charge < -0.3 is 25.2 Å². The van der Waals surface area contributed by atoms with Gasteiger partial charge in [0.15, 0.2) is 17.5 Å². The lowest BCUT2D eigenvalue weighted by atomic mass is 10.00. The van der Waals surface area contributed by atoms with Crippen LogP contribution in [0.4, 0.5) is 0 Å². The molecule has 140 valence electrons. The van der Waals surface area contributed by atoms with Crippen LogP contribution in [-0.4, -0.2) is 40.7 Å². The van der Waals surface area contributed by atoms with Crippen LogP contribution in [-0.2, 0) is 19.2 Å². The molecule has 0 radical (unpaired) electrons. The zero-order valence-corrected chi connectivity index (χ0v) is 15.3. The fourth-order valence-corrected chi connectivity index (χ4v) is 2.61. The Hall–Kier alpha value is -2.74. The smallest absolute Gasteiger partial charge is 0.231 e. The quantitative estimate of drug-likeness (QED) is 0.529. The minimum Gasteiger partial charge on any atom is -0.454 e. The first kappa shape index (κ1) is 18.1. The molecule has 0 spiro atoms. The van der Waals surface area contributed by atoms with E-state index in [9.17, 15) is 5.11 Å². The van der Waals surface area contributed by atoms with Crippen molar-refractivity contribution in [1.82, 2.24) is 20.4 Å². The van der Waals surface area contributed by atoms with E-state index in [0.717, 1.165) is 29.2 Å². The van der Waals surface area contributed by atoms with Crippen LogP contribution >= 0.6 is 0 Å². The molecule has 1 unspecified atom stereocenters. The van der Waals surface area contributed by atoms with Crippen molar-refractivity contribution in [2.45, 2.75) is 26.0 Å². The number of hydrogen-bond acceptors (Lipinski definition) is 5. The van der Waals surface area contributed by atoms with Gasteiger partial charge in [0.2, 0.25) is 6.79 Å². The van der Waals surface area contributed by atoms with Gasteiger partial charge in [0, 0.05) is 25.4 Å². The predicted molar refractivity (Wildman–Crippen MR) is 98.2 cm³/mol. The van der Waals surface area contributed by atoms with E-state index >= 15 is 0 Å². The molecule has 1 aliphatic rings. The molecule has 2 aromatic rings. The van der Waals surface area contributed by atoms with Gasteiger partial charge in [0.25, 0.3) is 0 Å². The lowest BCUT2D eigenvalue weighted by Crippen LogP contribution is -2.44. The molecule has 0 bridgehead atoms. The first-order chi connectivity index (χ1) is 12.5. The third-order valence-electron chi connectivity index (χ3n) is 4.13. The van der Waals surface area contributed by atoms with E-state index in [4.69, 9.17) is 9.47 Å². The Labute approximate surface area is 152 Å². The number of nitrogens with zero attached hydrogens (tertiary/aromatic N) is 3. The molecule has 1 atom stereocenters. The summed E-state index contributed by atoms with van der Waals surface area (Å²) in [4.78, 5) is 4.58. The molecule has 2 heterocycles. The van der Waals surface area contributed by atoms with Gasteiger partial charge in [0.1, 0.15) is 5.60 Å². The van der Waals surface area contributed by atoms with Crippen LogP contribution in [0.25, 0.3) is 0 Å². The molecular formula is C18H25N5O3. The van der Waals surface area contributed by atoms with Crippen LogP contribution in [0, 0.1) is 0 Å². The molecule has 3 rings (SSSR count). The van der Waals surface area contributed by atoms with Gasteiger partial charge in [-0.25, -0.2) is 4.99 Å². The lowest BCUT2D eigenvalue weighted by Gasteiger charge is -2.23. The molecule has 0 amide bonds. The maximum absolute atomic E-state index is 10.7. The fraction of sp³-hybridized carbons (Fsp3) is 0.444. The maximum Gasteiger partial charge on any atom is 0.231 e. The third-order valence-corrected chi connectivity index (χ3v) is 4.13. The van der Waals surface area contributed by atoms with Gasteiger partial charge >= 0.3 is 0 Å². The Morgan fingerprint density at radius 3 is 2.88 bits per heavy atom. The van der Waals surface area contributed by atoms with Gasteiger partial charge in [-0.2, -0.15) is 5.10 Å². The van der Waals surface area contributed by atoms with Crippen molar-refractivity contribution in [3.8, 4) is 11.5 Å². The van der Waals surface area contributed by atoms with E-state index in [1.807, 2.05) is 32.2 Å². The zero-order chi connectivity index (χ0) is 18.6. The highest BCUT2D eigenvalue weighted by atomic mass is 16.7. The summed E-state index contributed by atoms with van der Waals surface area (Å²) in [5.74, 6) is 2.14. The van der Waals surface area contributed by atoms with E-state index in [0.29, 0.717) is 19.0 Å². The summed E-state index contributed by atoms with van der Waals surface area (Å²) in [5.41, 5.74) is 0.716. The van der Waals surface area contributed by atoms with Crippen LogP contribution in [0.3, 0.4) is 0 Å². The standard InChI is InChI=1S/C18H25N5O3/c1-4-19-17(21-11-18(2,24)14-9-22-23(3)10-14)20-8-13-5-6-15-16(7-13)26-12-25-15/h5-7,9-10,24H,4,8,11-12H2,1-3H3,(H2,19,20,21). The van der Waals surface area contributed by atoms with Gasteiger partial charge in [0.05, 0.1) is 19.3 Å². The minimum atomic E-state index is -1.05. The predicted octanol–water partition coefficient (Wildman–Crippen LogP) is 1.11. The van der Waals surface area contributed by atoms with Crippen molar-refractivity contribution >= 4 is 5.96 Å². The summed E-state index contributed by atoms with van der Waals surface area (Å²) < 4.78 is 12.4. The molecule has 0 fully saturated rings. The number of ether oxygens (including phenoxy) is 2. The second-order valence-electron chi connectivity index (χ2n) is 6.41. The number of benzene rings is 1. The second kappa shape index (κ2) is 7.65. The molecule has 1 aliphatic heterocycles. The van der Waals surface area contributed by atoms with Crippen LogP contribution in [0.1, 0.15) is 25.0 Å². The Morgan fingerprint density at radius 2 is 2.15 bits per heavy atom. The monoisotopic (exact) mass is 359 g/mol. The van der Waals surface area contributed by atoms with Gasteiger partial charge in [-0.1, -0.05) is 6.07 Å². The maximum atomic E-state index is 10.7. The molecule has 3 N–H and O–H groups in total. The molecule has 26 heavy (non-hydrogen) atoms. The number of aromatic nitrogens is 2. The van der Waals surface area contributed by atoms with Crippen molar-refractivity contribution in [2.75, 3.05) is 19.9 Å². The van der Waals surface area contributed by atoms with Crippen molar-refractivity contribution in [1.29, 1.82) is 0 Å². The van der Waals surface area contributed by atoms with E-state index in [2.05, 4.69) is 20.7 Å². The normalized spacial score (nSPS) is 15.6. The topological polar surface area (TPSA) is 92.9 Å². The molecular weight excluding hydrogens is 334 g/mol. The zero-order valence-electron chi connectivity index (χ0n) is 15.3. The summed E-state index contributed by atoms with van der Waals surface area (Å²) in [6.07, 6.45) is 3.47. The minimum absolute atomic E-state index is 0.260. The number of hydrogen-bond donors (Lipinski definition) is 3. The first-order valence-electron chi connectivity index (χ1n) is 8.60. The van der Waals surface area contributed by atoms with Gasteiger partial charge in [-0.3, -0.25) is 4.68 Å². The number of rotatable bonds is 6. The van der Waals surface area contributed by atoms with Gasteiger partial charge in [-0.15, -0.1) is 0 Å². The Morgan fingerprint density at radius 1 is 1.35 bits per heavy atom. The summed E-state index contributed by atoms with van der Waals surface area (Å²) >= 11 is 0. The summed E-state index contributed by atoms with van der Waals surface area (Å²) in [6.45, 7) is 5.53. The number of guanidine groups is 1. The second-order valence-corrected chi connectivity index (χ2v) is 6.41. The fourth-order valence-electron chi connectivity index (χ4n) is 2.61. The number of aryl methyl sites for hydroxylation is 1. The highest BCUT2D eigenvalue weighted by Crippen LogP contribution is 2.32. The molecule has 0 saturated heterocycles. The Bertz CT molecular complexity index is 785. The highest BCUT2D eigenvalue weighted by molar-refractivity contribution is 5.79. The van der Waals surface area contributed by atoms with E-state index in [-0.39, 0.29) is 6.79 Å².